The number of piperidine rings is 1. The van der Waals surface area contributed by atoms with Crippen LogP contribution in [0.1, 0.15) is 18.4 Å². The fraction of sp³-hybridized carbons (Fsp3) is 0.588. The quantitative estimate of drug-likeness (QED) is 0.556. The first-order valence-electron chi connectivity index (χ1n) is 8.01. The van der Waals surface area contributed by atoms with Crippen LogP contribution in [-0.2, 0) is 16.1 Å². The largest absolute Gasteiger partial charge is 1.00 e. The number of benzene rings is 1. The van der Waals surface area contributed by atoms with Crippen molar-refractivity contribution in [2.45, 2.75) is 24.9 Å². The molecule has 1 aromatic carbocycles. The van der Waals surface area contributed by atoms with Gasteiger partial charge in [0.2, 0.25) is 0 Å². The molecule has 0 N–H and O–H groups in total. The molecule has 2 saturated heterocycles. The van der Waals surface area contributed by atoms with Gasteiger partial charge < -0.3 is 14.6 Å². The minimum atomic E-state index is -0.922. The van der Waals surface area contributed by atoms with Crippen LogP contribution in [0.2, 0.25) is 0 Å². The van der Waals surface area contributed by atoms with Gasteiger partial charge in [-0.15, -0.1) is 0 Å². The van der Waals surface area contributed by atoms with E-state index in [1.165, 1.54) is 5.56 Å². The van der Waals surface area contributed by atoms with Crippen LogP contribution >= 0.6 is 0 Å². The van der Waals surface area contributed by atoms with Gasteiger partial charge in [0.25, 0.3) is 0 Å². The molecule has 0 spiro atoms. The van der Waals surface area contributed by atoms with Gasteiger partial charge in [-0.25, -0.2) is 0 Å². The van der Waals surface area contributed by atoms with Crippen molar-refractivity contribution in [3.8, 4) is 0 Å². The number of rotatable bonds is 4. The summed E-state index contributed by atoms with van der Waals surface area (Å²) < 4.78 is 5.35. The fourth-order valence-corrected chi connectivity index (χ4v) is 3.56. The average molecular weight is 326 g/mol. The van der Waals surface area contributed by atoms with Crippen LogP contribution in [0.4, 0.5) is 0 Å². The number of aliphatic carboxylic acids is 1. The van der Waals surface area contributed by atoms with Crippen molar-refractivity contribution < 1.29 is 44.2 Å². The normalized spacial score (nSPS) is 22.3. The molecule has 0 aromatic heterocycles. The van der Waals surface area contributed by atoms with E-state index in [4.69, 9.17) is 4.74 Å². The van der Waals surface area contributed by atoms with E-state index in [0.717, 1.165) is 19.6 Å². The fourth-order valence-electron chi connectivity index (χ4n) is 3.56. The van der Waals surface area contributed by atoms with Crippen molar-refractivity contribution in [2.75, 3.05) is 39.4 Å². The van der Waals surface area contributed by atoms with Crippen LogP contribution in [0.15, 0.2) is 30.3 Å². The molecule has 0 bridgehead atoms. The maximum absolute atomic E-state index is 11.8. The summed E-state index contributed by atoms with van der Waals surface area (Å²) in [5.41, 5.74) is 0.464. The molecule has 5 nitrogen and oxygen atoms in total. The topological polar surface area (TPSA) is 55.8 Å². The number of carboxylic acids is 1. The third kappa shape index (κ3) is 4.35. The van der Waals surface area contributed by atoms with Crippen LogP contribution < -0.4 is 34.7 Å². The first-order chi connectivity index (χ1) is 10.7. The first-order valence-corrected chi connectivity index (χ1v) is 8.01. The molecule has 2 aliphatic rings. The van der Waals surface area contributed by atoms with E-state index in [-0.39, 0.29) is 29.6 Å². The van der Waals surface area contributed by atoms with Gasteiger partial charge in [-0.2, -0.15) is 0 Å². The maximum Gasteiger partial charge on any atom is 1.00 e. The summed E-state index contributed by atoms with van der Waals surface area (Å²) in [7, 11) is 0. The summed E-state index contributed by atoms with van der Waals surface area (Å²) in [5, 5.41) is 11.8. The van der Waals surface area contributed by atoms with E-state index in [2.05, 4.69) is 21.9 Å². The van der Waals surface area contributed by atoms with Crippen LogP contribution in [0.5, 0.6) is 0 Å². The number of likely N-dealkylation sites (tertiary alicyclic amines) is 1. The van der Waals surface area contributed by atoms with Crippen molar-refractivity contribution >= 4 is 5.97 Å². The first kappa shape index (κ1) is 18.9. The zero-order chi connectivity index (χ0) is 15.4. The van der Waals surface area contributed by atoms with E-state index in [9.17, 15) is 9.90 Å². The summed E-state index contributed by atoms with van der Waals surface area (Å²) in [5.74, 6) is -0.922. The SMILES string of the molecule is O=C([O-])C1(N2CCOCC2)CCN(Cc2ccccc2)CC1.[Na+]. The molecule has 2 heterocycles. The van der Waals surface area contributed by atoms with Crippen LogP contribution in [0.25, 0.3) is 0 Å². The predicted octanol–water partition coefficient (Wildman–Crippen LogP) is -2.89. The zero-order valence-corrected chi connectivity index (χ0v) is 15.9. The van der Waals surface area contributed by atoms with Gasteiger partial charge in [-0.05, 0) is 18.4 Å². The Balaban J connectivity index is 0.00000192. The summed E-state index contributed by atoms with van der Waals surface area (Å²) in [4.78, 5) is 16.2. The van der Waals surface area contributed by atoms with Gasteiger partial charge in [-0.1, -0.05) is 30.3 Å². The summed E-state index contributed by atoms with van der Waals surface area (Å²) >= 11 is 0. The molecule has 0 radical (unpaired) electrons. The number of carbonyl (C=O) groups excluding carboxylic acids is 1. The van der Waals surface area contributed by atoms with Crippen molar-refractivity contribution in [3.05, 3.63) is 35.9 Å². The number of carbonyl (C=O) groups is 1. The molecule has 6 heteroatoms. The van der Waals surface area contributed by atoms with Crippen molar-refractivity contribution in [3.63, 3.8) is 0 Å². The maximum atomic E-state index is 11.8. The molecule has 0 unspecified atom stereocenters. The van der Waals surface area contributed by atoms with Crippen LogP contribution in [0, 0.1) is 0 Å². The van der Waals surface area contributed by atoms with Gasteiger partial charge in [0.15, 0.2) is 0 Å². The second-order valence-corrected chi connectivity index (χ2v) is 6.18. The Kier molecular flexibility index (Phi) is 7.07. The predicted molar refractivity (Wildman–Crippen MR) is 81.1 cm³/mol. The van der Waals surface area contributed by atoms with E-state index < -0.39 is 11.5 Å². The Hall–Kier alpha value is -0.430. The molecule has 3 rings (SSSR count). The Morgan fingerprint density at radius 2 is 1.70 bits per heavy atom. The molecule has 0 aliphatic carbocycles. The van der Waals surface area contributed by atoms with E-state index in [1.807, 2.05) is 18.2 Å². The molecule has 0 saturated carbocycles. The second kappa shape index (κ2) is 8.60. The number of ether oxygens (including phenoxy) is 1. The Morgan fingerprint density at radius 1 is 1.09 bits per heavy atom. The molecular formula is C17H23N2NaO3. The number of nitrogens with zero attached hydrogens (tertiary/aromatic N) is 2. The molecule has 2 aliphatic heterocycles. The van der Waals surface area contributed by atoms with Crippen molar-refractivity contribution in [2.24, 2.45) is 0 Å². The van der Waals surface area contributed by atoms with Gasteiger partial charge in [-0.3, -0.25) is 9.80 Å². The average Bonchev–Trinajstić information content (AvgIpc) is 2.57. The third-order valence-corrected chi connectivity index (χ3v) is 4.93. The Bertz CT molecular complexity index is 498. The van der Waals surface area contributed by atoms with E-state index >= 15 is 0 Å². The van der Waals surface area contributed by atoms with Gasteiger partial charge in [0.05, 0.1) is 24.7 Å². The Labute approximate surface area is 159 Å². The minimum Gasteiger partial charge on any atom is -0.548 e. The van der Waals surface area contributed by atoms with Gasteiger partial charge in [0.1, 0.15) is 0 Å². The minimum absolute atomic E-state index is 0. The Morgan fingerprint density at radius 3 is 2.26 bits per heavy atom. The van der Waals surface area contributed by atoms with Crippen LogP contribution in [0.3, 0.4) is 0 Å². The molecule has 0 amide bonds. The molecule has 1 aromatic rings. The standard InChI is InChI=1S/C17H24N2O3.Na/c20-16(21)17(19-10-12-22-13-11-19)6-8-18(9-7-17)14-15-4-2-1-3-5-15;/h1-5H,6-14H2,(H,20,21);/q;+1/p-1. The molecule has 2 fully saturated rings. The zero-order valence-electron chi connectivity index (χ0n) is 13.9. The molecule has 0 atom stereocenters. The monoisotopic (exact) mass is 326 g/mol. The molecular weight excluding hydrogens is 303 g/mol. The molecule has 120 valence electrons. The van der Waals surface area contributed by atoms with Crippen LogP contribution in [-0.4, -0.2) is 60.7 Å². The molecule has 23 heavy (non-hydrogen) atoms. The van der Waals surface area contributed by atoms with Gasteiger partial charge >= 0.3 is 29.6 Å². The number of carboxylic acid groups (broad SMARTS) is 1. The van der Waals surface area contributed by atoms with Gasteiger partial charge in [0, 0.05) is 32.7 Å². The van der Waals surface area contributed by atoms with E-state index in [0.29, 0.717) is 39.1 Å². The summed E-state index contributed by atoms with van der Waals surface area (Å²) in [6.07, 6.45) is 1.25. The van der Waals surface area contributed by atoms with Crippen molar-refractivity contribution in [1.29, 1.82) is 0 Å². The second-order valence-electron chi connectivity index (χ2n) is 6.18. The summed E-state index contributed by atoms with van der Waals surface area (Å²) in [6, 6.07) is 10.3. The van der Waals surface area contributed by atoms with Crippen molar-refractivity contribution in [1.82, 2.24) is 9.80 Å². The smallest absolute Gasteiger partial charge is 0.548 e. The summed E-state index contributed by atoms with van der Waals surface area (Å²) in [6.45, 7) is 5.07. The number of morpholine rings is 1. The number of hydrogen-bond donors (Lipinski definition) is 0. The number of hydrogen-bond acceptors (Lipinski definition) is 5. The third-order valence-electron chi connectivity index (χ3n) is 4.93. The van der Waals surface area contributed by atoms with E-state index in [1.54, 1.807) is 0 Å².